The summed E-state index contributed by atoms with van der Waals surface area (Å²) < 4.78 is 7.30. The SMILES string of the molecule is Cc1ccc(C=Nn2c(-c3cc(Cl)ccc3Cl)csc2=Nc2cccnc2)o1. The summed E-state index contributed by atoms with van der Waals surface area (Å²) in [5, 5.41) is 7.70. The van der Waals surface area contributed by atoms with Gasteiger partial charge in [0, 0.05) is 22.2 Å². The molecule has 8 heteroatoms. The minimum Gasteiger partial charge on any atom is -0.460 e. The van der Waals surface area contributed by atoms with Gasteiger partial charge in [-0.1, -0.05) is 23.2 Å². The van der Waals surface area contributed by atoms with E-state index < -0.39 is 0 Å². The van der Waals surface area contributed by atoms with E-state index >= 15 is 0 Å². The maximum absolute atomic E-state index is 6.41. The van der Waals surface area contributed by atoms with Gasteiger partial charge in [-0.05, 0) is 49.4 Å². The normalized spacial score (nSPS) is 12.2. The highest BCUT2D eigenvalue weighted by atomic mass is 35.5. The summed E-state index contributed by atoms with van der Waals surface area (Å²) in [7, 11) is 0. The van der Waals surface area contributed by atoms with E-state index in [0.717, 1.165) is 22.7 Å². The van der Waals surface area contributed by atoms with Gasteiger partial charge in [0.25, 0.3) is 0 Å². The van der Waals surface area contributed by atoms with Crippen molar-refractivity contribution in [3.05, 3.63) is 86.6 Å². The van der Waals surface area contributed by atoms with Crippen molar-refractivity contribution in [1.82, 2.24) is 9.66 Å². The van der Waals surface area contributed by atoms with Gasteiger partial charge < -0.3 is 4.42 Å². The van der Waals surface area contributed by atoms with Gasteiger partial charge in [-0.25, -0.2) is 9.67 Å². The van der Waals surface area contributed by atoms with Gasteiger partial charge in [0.2, 0.25) is 4.80 Å². The lowest BCUT2D eigenvalue weighted by Gasteiger charge is -2.06. The molecule has 0 spiro atoms. The molecule has 0 bridgehead atoms. The Morgan fingerprint density at radius 1 is 1.18 bits per heavy atom. The van der Waals surface area contributed by atoms with Gasteiger partial charge in [-0.15, -0.1) is 11.3 Å². The lowest BCUT2D eigenvalue weighted by atomic mass is 10.2. The number of hydrogen-bond donors (Lipinski definition) is 0. The van der Waals surface area contributed by atoms with Crippen molar-refractivity contribution in [2.45, 2.75) is 6.92 Å². The summed E-state index contributed by atoms with van der Waals surface area (Å²) in [6.07, 6.45) is 5.04. The molecular formula is C20H14Cl2N4OS. The molecule has 0 fully saturated rings. The van der Waals surface area contributed by atoms with Crippen molar-refractivity contribution in [1.29, 1.82) is 0 Å². The number of thiazole rings is 1. The Balaban J connectivity index is 1.88. The lowest BCUT2D eigenvalue weighted by Crippen LogP contribution is -2.11. The fraction of sp³-hybridized carbons (Fsp3) is 0.0500. The Kier molecular flexibility index (Phi) is 5.43. The second-order valence-corrected chi connectivity index (χ2v) is 7.54. The minimum atomic E-state index is 0.577. The van der Waals surface area contributed by atoms with Crippen molar-refractivity contribution >= 4 is 46.4 Å². The summed E-state index contributed by atoms with van der Waals surface area (Å²) in [5.74, 6) is 1.46. The first-order valence-corrected chi connectivity index (χ1v) is 9.95. The number of nitrogens with zero attached hydrogens (tertiary/aromatic N) is 4. The number of hydrogen-bond acceptors (Lipinski definition) is 5. The molecule has 3 aromatic heterocycles. The van der Waals surface area contributed by atoms with Crippen molar-refractivity contribution < 1.29 is 4.42 Å². The Hall–Kier alpha value is -2.67. The van der Waals surface area contributed by atoms with E-state index in [2.05, 4.69) is 15.1 Å². The van der Waals surface area contributed by atoms with Crippen LogP contribution in [-0.4, -0.2) is 15.9 Å². The van der Waals surface area contributed by atoms with Gasteiger partial charge in [0.15, 0.2) is 0 Å². The van der Waals surface area contributed by atoms with Gasteiger partial charge in [0.05, 0.1) is 28.8 Å². The fourth-order valence-corrected chi connectivity index (χ4v) is 3.77. The van der Waals surface area contributed by atoms with E-state index in [9.17, 15) is 0 Å². The first kappa shape index (κ1) is 18.7. The smallest absolute Gasteiger partial charge is 0.211 e. The molecule has 1 aromatic carbocycles. The molecule has 5 nitrogen and oxygen atoms in total. The molecule has 28 heavy (non-hydrogen) atoms. The highest BCUT2D eigenvalue weighted by molar-refractivity contribution is 7.07. The number of benzene rings is 1. The zero-order valence-electron chi connectivity index (χ0n) is 14.7. The molecular weight excluding hydrogens is 415 g/mol. The van der Waals surface area contributed by atoms with Crippen LogP contribution in [0.3, 0.4) is 0 Å². The van der Waals surface area contributed by atoms with E-state index in [1.165, 1.54) is 11.3 Å². The summed E-state index contributed by atoms with van der Waals surface area (Å²) >= 11 is 14.0. The Bertz CT molecular complexity index is 1210. The molecule has 0 N–H and O–H groups in total. The molecule has 4 aromatic rings. The number of halogens is 2. The summed E-state index contributed by atoms with van der Waals surface area (Å²) in [4.78, 5) is 9.43. The van der Waals surface area contributed by atoms with Crippen LogP contribution in [0.4, 0.5) is 5.69 Å². The number of pyridine rings is 1. The van der Waals surface area contributed by atoms with E-state index in [4.69, 9.17) is 27.6 Å². The maximum atomic E-state index is 6.41. The number of furan rings is 1. The average Bonchev–Trinajstić information content (AvgIpc) is 3.29. The standard InChI is InChI=1S/C20H14Cl2N4OS/c1-13-4-6-16(27-13)11-24-26-19(17-9-14(21)5-7-18(17)22)12-28-20(26)25-15-3-2-8-23-10-15/h2-12H,1H3. The highest BCUT2D eigenvalue weighted by Gasteiger charge is 2.12. The summed E-state index contributed by atoms with van der Waals surface area (Å²) in [6.45, 7) is 1.88. The summed E-state index contributed by atoms with van der Waals surface area (Å²) in [6, 6.07) is 12.8. The van der Waals surface area contributed by atoms with Crippen LogP contribution in [-0.2, 0) is 0 Å². The second kappa shape index (κ2) is 8.14. The van der Waals surface area contributed by atoms with E-state index in [-0.39, 0.29) is 0 Å². The predicted molar refractivity (Wildman–Crippen MR) is 114 cm³/mol. The molecule has 0 saturated carbocycles. The Morgan fingerprint density at radius 3 is 2.82 bits per heavy atom. The third kappa shape index (κ3) is 4.09. The second-order valence-electron chi connectivity index (χ2n) is 5.86. The zero-order chi connectivity index (χ0) is 19.5. The first-order valence-electron chi connectivity index (χ1n) is 8.32. The molecule has 0 aliphatic carbocycles. The van der Waals surface area contributed by atoms with Crippen LogP contribution < -0.4 is 4.80 Å². The topological polar surface area (TPSA) is 55.7 Å². The molecule has 4 rings (SSSR count). The third-order valence-corrected chi connectivity index (χ3v) is 5.20. The first-order chi connectivity index (χ1) is 13.6. The molecule has 0 unspecified atom stereocenters. The van der Waals surface area contributed by atoms with Gasteiger partial charge in [0.1, 0.15) is 11.5 Å². The van der Waals surface area contributed by atoms with Crippen molar-refractivity contribution in [3.63, 3.8) is 0 Å². The fourth-order valence-electron chi connectivity index (χ4n) is 2.54. The quantitative estimate of drug-likeness (QED) is 0.378. The van der Waals surface area contributed by atoms with Crippen molar-refractivity contribution in [3.8, 4) is 11.3 Å². The number of aromatic nitrogens is 2. The van der Waals surface area contributed by atoms with E-state index in [1.807, 2.05) is 42.6 Å². The Morgan fingerprint density at radius 2 is 2.07 bits per heavy atom. The van der Waals surface area contributed by atoms with Crippen LogP contribution in [0.25, 0.3) is 11.3 Å². The Labute approximate surface area is 175 Å². The lowest BCUT2D eigenvalue weighted by molar-refractivity contribution is 0.527. The molecule has 0 aliphatic rings. The van der Waals surface area contributed by atoms with Gasteiger partial charge >= 0.3 is 0 Å². The molecule has 0 atom stereocenters. The van der Waals surface area contributed by atoms with Gasteiger partial charge in [-0.2, -0.15) is 5.10 Å². The van der Waals surface area contributed by atoms with Crippen LogP contribution >= 0.6 is 34.5 Å². The molecule has 0 radical (unpaired) electrons. The molecule has 0 aliphatic heterocycles. The van der Waals surface area contributed by atoms with Crippen LogP contribution in [0.2, 0.25) is 10.0 Å². The summed E-state index contributed by atoms with van der Waals surface area (Å²) in [5.41, 5.74) is 2.27. The molecule has 3 heterocycles. The van der Waals surface area contributed by atoms with Crippen LogP contribution in [0, 0.1) is 6.92 Å². The zero-order valence-corrected chi connectivity index (χ0v) is 17.0. The monoisotopic (exact) mass is 428 g/mol. The molecule has 0 saturated heterocycles. The molecule has 140 valence electrons. The molecule has 0 amide bonds. The van der Waals surface area contributed by atoms with E-state index in [1.54, 1.807) is 35.4 Å². The van der Waals surface area contributed by atoms with Gasteiger partial charge in [-0.3, -0.25) is 4.98 Å². The highest BCUT2D eigenvalue weighted by Crippen LogP contribution is 2.31. The van der Waals surface area contributed by atoms with Crippen LogP contribution in [0.5, 0.6) is 0 Å². The van der Waals surface area contributed by atoms with Crippen molar-refractivity contribution in [2.24, 2.45) is 10.1 Å². The predicted octanol–water partition coefficient (Wildman–Crippen LogP) is 5.93. The van der Waals surface area contributed by atoms with Crippen LogP contribution in [0.1, 0.15) is 11.5 Å². The van der Waals surface area contributed by atoms with E-state index in [0.29, 0.717) is 20.6 Å². The maximum Gasteiger partial charge on any atom is 0.211 e. The average molecular weight is 429 g/mol. The number of aryl methyl sites for hydroxylation is 1. The van der Waals surface area contributed by atoms with Crippen LogP contribution in [0.15, 0.2) is 74.7 Å². The third-order valence-electron chi connectivity index (χ3n) is 3.82. The van der Waals surface area contributed by atoms with Crippen molar-refractivity contribution in [2.75, 3.05) is 0 Å². The largest absolute Gasteiger partial charge is 0.460 e. The number of rotatable bonds is 4. The minimum absolute atomic E-state index is 0.577.